The number of ether oxygens (including phenoxy) is 1. The minimum absolute atomic E-state index is 0.0938. The number of fused-ring (bicyclic) bond motifs is 1. The quantitative estimate of drug-likeness (QED) is 0.215. The largest absolute Gasteiger partial charge is 0.477 e. The molecule has 5 nitrogen and oxygen atoms in total. The lowest BCUT2D eigenvalue weighted by atomic mass is 10.1. The molecular formula is C23H11ClF5NO4. The number of hydrogen-bond donors (Lipinski definition) is 1. The molecule has 1 heterocycles. The van der Waals surface area contributed by atoms with Gasteiger partial charge in [0.1, 0.15) is 11.3 Å². The van der Waals surface area contributed by atoms with Crippen LogP contribution in [-0.4, -0.2) is 12.5 Å². The van der Waals surface area contributed by atoms with E-state index in [0.717, 1.165) is 0 Å². The minimum Gasteiger partial charge on any atom is -0.477 e. The zero-order chi connectivity index (χ0) is 24.6. The third kappa shape index (κ3) is 4.32. The van der Waals surface area contributed by atoms with Gasteiger partial charge in [-0.05, 0) is 30.3 Å². The van der Waals surface area contributed by atoms with Gasteiger partial charge in [0.25, 0.3) is 5.91 Å². The fourth-order valence-corrected chi connectivity index (χ4v) is 3.30. The van der Waals surface area contributed by atoms with Gasteiger partial charge < -0.3 is 14.5 Å². The third-order valence-electron chi connectivity index (χ3n) is 4.67. The molecule has 0 radical (unpaired) electrons. The van der Waals surface area contributed by atoms with Gasteiger partial charge in [0.05, 0.1) is 10.4 Å². The van der Waals surface area contributed by atoms with Crippen molar-refractivity contribution in [1.29, 1.82) is 0 Å². The van der Waals surface area contributed by atoms with Crippen molar-refractivity contribution in [2.24, 2.45) is 0 Å². The lowest BCUT2D eigenvalue weighted by Crippen LogP contribution is -2.21. The molecule has 0 aliphatic heterocycles. The van der Waals surface area contributed by atoms with E-state index >= 15 is 0 Å². The molecular weight excluding hydrogens is 485 g/mol. The molecule has 0 bridgehead atoms. The molecule has 3 aromatic carbocycles. The summed E-state index contributed by atoms with van der Waals surface area (Å²) in [5.74, 6) is -13.5. The predicted octanol–water partition coefficient (Wildman–Crippen LogP) is 5.83. The Morgan fingerprint density at radius 1 is 0.912 bits per heavy atom. The maximum Gasteiger partial charge on any atom is 0.262 e. The van der Waals surface area contributed by atoms with Gasteiger partial charge in [-0.25, -0.2) is 13.2 Å². The van der Waals surface area contributed by atoms with Crippen LogP contribution in [0.2, 0.25) is 5.02 Å². The number of halogens is 6. The Hall–Kier alpha value is -3.92. The van der Waals surface area contributed by atoms with Gasteiger partial charge in [-0.2, -0.15) is 8.78 Å². The Morgan fingerprint density at radius 2 is 1.56 bits per heavy atom. The Bertz CT molecular complexity index is 1480. The lowest BCUT2D eigenvalue weighted by Gasteiger charge is -2.11. The second kappa shape index (κ2) is 9.14. The Morgan fingerprint density at radius 3 is 2.24 bits per heavy atom. The number of benzene rings is 3. The van der Waals surface area contributed by atoms with Crippen LogP contribution in [-0.2, 0) is 4.79 Å². The van der Waals surface area contributed by atoms with Crippen LogP contribution >= 0.6 is 11.6 Å². The molecule has 1 aromatic heterocycles. The first kappa shape index (κ1) is 23.2. The van der Waals surface area contributed by atoms with E-state index in [1.54, 1.807) is 24.3 Å². The summed E-state index contributed by atoms with van der Waals surface area (Å²) in [7, 11) is 0. The molecule has 4 rings (SSSR count). The van der Waals surface area contributed by atoms with E-state index in [-0.39, 0.29) is 22.4 Å². The average Bonchev–Trinajstić information content (AvgIpc) is 2.82. The van der Waals surface area contributed by atoms with Crippen molar-refractivity contribution in [3.8, 4) is 17.1 Å². The molecule has 174 valence electrons. The van der Waals surface area contributed by atoms with Gasteiger partial charge in [0.2, 0.25) is 29.1 Å². The summed E-state index contributed by atoms with van der Waals surface area (Å²) in [5.41, 5.74) is 0.352. The number of carbonyl (C=O) groups is 1. The number of carbonyl (C=O) groups excluding carboxylic acids is 1. The van der Waals surface area contributed by atoms with E-state index < -0.39 is 52.8 Å². The molecule has 1 amide bonds. The summed E-state index contributed by atoms with van der Waals surface area (Å²) in [5, 5.41) is 2.78. The normalized spacial score (nSPS) is 11.0. The molecule has 0 saturated heterocycles. The van der Waals surface area contributed by atoms with Crippen LogP contribution in [0.5, 0.6) is 5.75 Å². The van der Waals surface area contributed by atoms with Crippen LogP contribution < -0.4 is 15.5 Å². The summed E-state index contributed by atoms with van der Waals surface area (Å²) < 4.78 is 77.1. The van der Waals surface area contributed by atoms with Crippen LogP contribution in [0, 0.1) is 29.1 Å². The molecule has 0 unspecified atom stereocenters. The maximum absolute atomic E-state index is 13.6. The van der Waals surface area contributed by atoms with E-state index in [1.165, 1.54) is 24.3 Å². The topological polar surface area (TPSA) is 68.5 Å². The fraction of sp³-hybridized carbons (Fsp3) is 0.0435. The molecule has 0 aliphatic rings. The van der Waals surface area contributed by atoms with Crippen molar-refractivity contribution in [2.45, 2.75) is 0 Å². The SMILES string of the molecule is O=C(COc1c(F)c(F)c(F)c(F)c1F)Nc1ccc2oc(-c3ccccc3Cl)cc(=O)c2c1. The minimum atomic E-state index is -2.35. The van der Waals surface area contributed by atoms with E-state index in [0.29, 0.717) is 10.6 Å². The highest BCUT2D eigenvalue weighted by Crippen LogP contribution is 2.30. The summed E-state index contributed by atoms with van der Waals surface area (Å²) in [4.78, 5) is 24.7. The highest BCUT2D eigenvalue weighted by atomic mass is 35.5. The first-order valence-corrected chi connectivity index (χ1v) is 9.82. The van der Waals surface area contributed by atoms with Gasteiger partial charge in [-0.1, -0.05) is 23.7 Å². The van der Waals surface area contributed by atoms with E-state index in [9.17, 15) is 31.5 Å². The van der Waals surface area contributed by atoms with Crippen LogP contribution in [0.15, 0.2) is 57.7 Å². The van der Waals surface area contributed by atoms with Crippen LogP contribution in [0.3, 0.4) is 0 Å². The zero-order valence-electron chi connectivity index (χ0n) is 16.7. The standard InChI is InChI=1S/C23H11ClF5NO4/c24-13-4-2-1-3-11(13)16-8-14(31)12-7-10(5-6-15(12)34-16)30-17(32)9-33-23-21(28)19(26)18(25)20(27)22(23)29/h1-8H,9H2,(H,30,32). The average molecular weight is 496 g/mol. The zero-order valence-corrected chi connectivity index (χ0v) is 17.5. The fourth-order valence-electron chi connectivity index (χ4n) is 3.07. The molecule has 0 aliphatic carbocycles. The number of rotatable bonds is 5. The second-order valence-corrected chi connectivity index (χ2v) is 7.31. The molecule has 4 aromatic rings. The van der Waals surface area contributed by atoms with Gasteiger partial charge in [0, 0.05) is 17.3 Å². The van der Waals surface area contributed by atoms with Crippen LogP contribution in [0.4, 0.5) is 27.6 Å². The van der Waals surface area contributed by atoms with Crippen molar-refractivity contribution in [2.75, 3.05) is 11.9 Å². The third-order valence-corrected chi connectivity index (χ3v) is 5.00. The second-order valence-electron chi connectivity index (χ2n) is 6.90. The number of hydrogen-bond acceptors (Lipinski definition) is 4. The first-order chi connectivity index (χ1) is 16.2. The highest BCUT2D eigenvalue weighted by Gasteiger charge is 2.27. The Kier molecular flexibility index (Phi) is 6.25. The first-order valence-electron chi connectivity index (χ1n) is 9.44. The van der Waals surface area contributed by atoms with Gasteiger partial charge >= 0.3 is 0 Å². The number of nitrogens with one attached hydrogen (secondary N) is 1. The molecule has 0 atom stereocenters. The van der Waals surface area contributed by atoms with Gasteiger partial charge in [0.15, 0.2) is 17.8 Å². The molecule has 1 N–H and O–H groups in total. The van der Waals surface area contributed by atoms with E-state index in [4.69, 9.17) is 16.0 Å². The van der Waals surface area contributed by atoms with Crippen LogP contribution in [0.25, 0.3) is 22.3 Å². The smallest absolute Gasteiger partial charge is 0.262 e. The Balaban J connectivity index is 1.54. The monoisotopic (exact) mass is 495 g/mol. The highest BCUT2D eigenvalue weighted by molar-refractivity contribution is 6.33. The van der Waals surface area contributed by atoms with Crippen molar-refractivity contribution in [3.63, 3.8) is 0 Å². The van der Waals surface area contributed by atoms with Gasteiger partial charge in [-0.15, -0.1) is 0 Å². The van der Waals surface area contributed by atoms with Gasteiger partial charge in [-0.3, -0.25) is 9.59 Å². The summed E-state index contributed by atoms with van der Waals surface area (Å²) in [6.45, 7) is -1.07. The molecule has 34 heavy (non-hydrogen) atoms. The molecule has 0 saturated carbocycles. The van der Waals surface area contributed by atoms with Crippen molar-refractivity contribution < 1.29 is 35.9 Å². The summed E-state index contributed by atoms with van der Waals surface area (Å²) in [6, 6.07) is 12.0. The molecule has 11 heteroatoms. The van der Waals surface area contributed by atoms with Crippen molar-refractivity contribution in [3.05, 3.63) is 92.9 Å². The summed E-state index contributed by atoms with van der Waals surface area (Å²) >= 11 is 6.13. The van der Waals surface area contributed by atoms with Crippen molar-refractivity contribution in [1.82, 2.24) is 0 Å². The molecule has 0 fully saturated rings. The van der Waals surface area contributed by atoms with Crippen LogP contribution in [0.1, 0.15) is 0 Å². The van der Waals surface area contributed by atoms with Crippen molar-refractivity contribution >= 4 is 34.2 Å². The number of amides is 1. The molecule has 0 spiro atoms. The maximum atomic E-state index is 13.6. The predicted molar refractivity (Wildman–Crippen MR) is 113 cm³/mol. The summed E-state index contributed by atoms with van der Waals surface area (Å²) in [6.07, 6.45) is 0. The number of anilines is 1. The van der Waals surface area contributed by atoms with E-state index in [2.05, 4.69) is 10.1 Å². The van der Waals surface area contributed by atoms with E-state index in [1.807, 2.05) is 0 Å². The Labute approximate surface area is 192 Å². The lowest BCUT2D eigenvalue weighted by molar-refractivity contribution is -0.118.